The third-order valence-corrected chi connectivity index (χ3v) is 7.46. The van der Waals surface area contributed by atoms with Gasteiger partial charge in [0.15, 0.2) is 10.9 Å². The molecule has 36 heavy (non-hydrogen) atoms. The molecule has 1 aliphatic rings. The maximum absolute atomic E-state index is 12.6. The molecular formula is C28H28N4O3S. The van der Waals surface area contributed by atoms with E-state index in [0.717, 1.165) is 53.8 Å². The minimum absolute atomic E-state index is 0.0488. The van der Waals surface area contributed by atoms with E-state index in [-0.39, 0.29) is 11.7 Å². The molecule has 0 aliphatic carbocycles. The Morgan fingerprint density at radius 1 is 0.917 bits per heavy atom. The number of amides is 1. The number of ketones is 1. The number of piperazine rings is 1. The summed E-state index contributed by atoms with van der Waals surface area (Å²) in [5.74, 6) is 0.672. The fourth-order valence-electron chi connectivity index (χ4n) is 4.28. The zero-order valence-electron chi connectivity index (χ0n) is 20.1. The molecule has 0 spiro atoms. The number of benzene rings is 3. The Balaban J connectivity index is 1.08. The molecule has 0 saturated carbocycles. The number of methoxy groups -OCH3 is 1. The molecule has 0 atom stereocenters. The molecule has 8 heteroatoms. The van der Waals surface area contributed by atoms with Crippen molar-refractivity contribution in [3.63, 3.8) is 0 Å². The first-order valence-corrected chi connectivity index (χ1v) is 12.8. The highest BCUT2D eigenvalue weighted by molar-refractivity contribution is 7.22. The van der Waals surface area contributed by atoms with Gasteiger partial charge in [0.1, 0.15) is 5.75 Å². The average molecular weight is 501 g/mol. The largest absolute Gasteiger partial charge is 0.497 e. The minimum atomic E-state index is -0.128. The first kappa shape index (κ1) is 24.0. The SMILES string of the molecule is COc1ccc2nc(N3CCN(CCNC(=O)c4ccc(C(=O)c5ccccc5)cc4)CC3)sc2c1. The molecule has 1 N–H and O–H groups in total. The number of aromatic nitrogens is 1. The van der Waals surface area contributed by atoms with E-state index in [4.69, 9.17) is 9.72 Å². The molecule has 3 aromatic carbocycles. The molecule has 5 rings (SSSR count). The molecule has 0 unspecified atom stereocenters. The number of nitrogens with zero attached hydrogens (tertiary/aromatic N) is 3. The van der Waals surface area contributed by atoms with Crippen LogP contribution in [0.2, 0.25) is 0 Å². The quantitative estimate of drug-likeness (QED) is 0.368. The number of rotatable bonds is 8. The van der Waals surface area contributed by atoms with Crippen LogP contribution in [0, 0.1) is 0 Å². The number of thiazole rings is 1. The van der Waals surface area contributed by atoms with Crippen molar-refractivity contribution in [1.29, 1.82) is 0 Å². The second-order valence-electron chi connectivity index (χ2n) is 8.69. The lowest BCUT2D eigenvalue weighted by Gasteiger charge is -2.34. The van der Waals surface area contributed by atoms with Crippen LogP contribution in [-0.4, -0.2) is 68.0 Å². The van der Waals surface area contributed by atoms with Gasteiger partial charge in [-0.25, -0.2) is 4.98 Å². The van der Waals surface area contributed by atoms with Crippen molar-refractivity contribution >= 4 is 38.4 Å². The van der Waals surface area contributed by atoms with Crippen molar-refractivity contribution in [2.24, 2.45) is 0 Å². The van der Waals surface area contributed by atoms with Crippen molar-refractivity contribution in [3.05, 3.63) is 89.5 Å². The van der Waals surface area contributed by atoms with Gasteiger partial charge in [-0.1, -0.05) is 53.8 Å². The van der Waals surface area contributed by atoms with E-state index < -0.39 is 0 Å². The number of nitrogens with one attached hydrogen (secondary N) is 1. The molecule has 1 aliphatic heterocycles. The molecular weight excluding hydrogens is 472 g/mol. The highest BCUT2D eigenvalue weighted by atomic mass is 32.1. The van der Waals surface area contributed by atoms with Gasteiger partial charge in [-0.2, -0.15) is 0 Å². The zero-order chi connectivity index (χ0) is 24.9. The van der Waals surface area contributed by atoms with E-state index in [1.165, 1.54) is 0 Å². The summed E-state index contributed by atoms with van der Waals surface area (Å²) in [6.07, 6.45) is 0. The minimum Gasteiger partial charge on any atom is -0.497 e. The molecule has 0 radical (unpaired) electrons. The zero-order valence-corrected chi connectivity index (χ0v) is 21.0. The van der Waals surface area contributed by atoms with Gasteiger partial charge in [0, 0.05) is 56.0 Å². The standard InChI is InChI=1S/C28H28N4O3S/c1-35-23-11-12-24-25(19-23)36-28(30-24)32-17-15-31(16-18-32)14-13-29-27(34)22-9-7-21(8-10-22)26(33)20-5-3-2-4-6-20/h2-12,19H,13-18H2,1H3,(H,29,34). The van der Waals surface area contributed by atoms with E-state index in [1.807, 2.05) is 36.4 Å². The Hall–Kier alpha value is -3.75. The maximum atomic E-state index is 12.6. The predicted octanol–water partition coefficient (Wildman–Crippen LogP) is 4.09. The summed E-state index contributed by atoms with van der Waals surface area (Å²) in [5.41, 5.74) is 2.76. The molecule has 0 bridgehead atoms. The van der Waals surface area contributed by atoms with Gasteiger partial charge in [-0.15, -0.1) is 0 Å². The number of hydrogen-bond donors (Lipinski definition) is 1. The molecule has 1 fully saturated rings. The van der Waals surface area contributed by atoms with Gasteiger partial charge < -0.3 is 15.0 Å². The van der Waals surface area contributed by atoms with Crippen LogP contribution in [0.4, 0.5) is 5.13 Å². The van der Waals surface area contributed by atoms with Crippen molar-refractivity contribution < 1.29 is 14.3 Å². The Morgan fingerprint density at radius 3 is 2.33 bits per heavy atom. The fourth-order valence-corrected chi connectivity index (χ4v) is 5.32. The highest BCUT2D eigenvalue weighted by Crippen LogP contribution is 2.31. The third-order valence-electron chi connectivity index (χ3n) is 6.39. The van der Waals surface area contributed by atoms with Crippen LogP contribution in [0.25, 0.3) is 10.2 Å². The fraction of sp³-hybridized carbons (Fsp3) is 0.250. The molecule has 1 amide bonds. The van der Waals surface area contributed by atoms with Crippen molar-refractivity contribution in [3.8, 4) is 5.75 Å². The van der Waals surface area contributed by atoms with E-state index >= 15 is 0 Å². The first-order valence-electron chi connectivity index (χ1n) is 12.0. The van der Waals surface area contributed by atoms with Crippen LogP contribution < -0.4 is 15.0 Å². The van der Waals surface area contributed by atoms with Crippen LogP contribution in [0.1, 0.15) is 26.3 Å². The van der Waals surface area contributed by atoms with Gasteiger partial charge in [0.05, 0.1) is 17.3 Å². The Kier molecular flexibility index (Phi) is 7.25. The monoisotopic (exact) mass is 500 g/mol. The Bertz CT molecular complexity index is 1350. The number of hydrogen-bond acceptors (Lipinski definition) is 7. The number of anilines is 1. The van der Waals surface area contributed by atoms with Crippen molar-refractivity contribution in [2.75, 3.05) is 51.3 Å². The van der Waals surface area contributed by atoms with Crippen LogP contribution in [-0.2, 0) is 0 Å². The van der Waals surface area contributed by atoms with Crippen LogP contribution in [0.3, 0.4) is 0 Å². The van der Waals surface area contributed by atoms with Crippen molar-refractivity contribution in [1.82, 2.24) is 15.2 Å². The molecule has 2 heterocycles. The van der Waals surface area contributed by atoms with Crippen LogP contribution in [0.15, 0.2) is 72.8 Å². The summed E-state index contributed by atoms with van der Waals surface area (Å²) < 4.78 is 6.45. The lowest BCUT2D eigenvalue weighted by molar-refractivity contribution is 0.0946. The topological polar surface area (TPSA) is 74.8 Å². The van der Waals surface area contributed by atoms with Crippen molar-refractivity contribution in [2.45, 2.75) is 0 Å². The molecule has 184 valence electrons. The molecule has 4 aromatic rings. The summed E-state index contributed by atoms with van der Waals surface area (Å²) in [6.45, 7) is 5.02. The van der Waals surface area contributed by atoms with Gasteiger partial charge >= 0.3 is 0 Å². The first-order chi connectivity index (χ1) is 17.6. The summed E-state index contributed by atoms with van der Waals surface area (Å²) in [6, 6.07) is 21.9. The second-order valence-corrected chi connectivity index (χ2v) is 9.70. The lowest BCUT2D eigenvalue weighted by atomic mass is 10.0. The molecule has 1 aromatic heterocycles. The van der Waals surface area contributed by atoms with Gasteiger partial charge in [0.25, 0.3) is 5.91 Å². The Morgan fingerprint density at radius 2 is 1.61 bits per heavy atom. The number of fused-ring (bicyclic) bond motifs is 1. The maximum Gasteiger partial charge on any atom is 0.251 e. The second kappa shape index (κ2) is 10.9. The summed E-state index contributed by atoms with van der Waals surface area (Å²) in [4.78, 5) is 34.6. The van der Waals surface area contributed by atoms with Crippen LogP contribution >= 0.6 is 11.3 Å². The number of ether oxygens (including phenoxy) is 1. The normalized spacial score (nSPS) is 14.1. The smallest absolute Gasteiger partial charge is 0.251 e. The van der Waals surface area contributed by atoms with Gasteiger partial charge in [0.2, 0.25) is 0 Å². The van der Waals surface area contributed by atoms with E-state index in [0.29, 0.717) is 23.2 Å². The molecule has 1 saturated heterocycles. The summed E-state index contributed by atoms with van der Waals surface area (Å²) >= 11 is 1.69. The lowest BCUT2D eigenvalue weighted by Crippen LogP contribution is -2.48. The summed E-state index contributed by atoms with van der Waals surface area (Å²) in [5, 5.41) is 4.04. The summed E-state index contributed by atoms with van der Waals surface area (Å²) in [7, 11) is 1.68. The van der Waals surface area contributed by atoms with E-state index in [9.17, 15) is 9.59 Å². The van der Waals surface area contributed by atoms with E-state index in [2.05, 4.69) is 15.1 Å². The van der Waals surface area contributed by atoms with E-state index in [1.54, 1.807) is 54.8 Å². The van der Waals surface area contributed by atoms with Crippen LogP contribution in [0.5, 0.6) is 5.75 Å². The number of carbonyl (C=O) groups is 2. The molecule has 7 nitrogen and oxygen atoms in total. The Labute approximate surface area is 214 Å². The predicted molar refractivity (Wildman–Crippen MR) is 143 cm³/mol. The van der Waals surface area contributed by atoms with Gasteiger partial charge in [-0.3, -0.25) is 14.5 Å². The average Bonchev–Trinajstić information content (AvgIpc) is 3.37. The highest BCUT2D eigenvalue weighted by Gasteiger charge is 2.20. The third kappa shape index (κ3) is 5.40. The number of carbonyl (C=O) groups excluding carboxylic acids is 2. The van der Waals surface area contributed by atoms with Gasteiger partial charge in [-0.05, 0) is 30.3 Å².